The fourth-order valence-corrected chi connectivity index (χ4v) is 3.38. The molecule has 0 saturated carbocycles. The number of hydrogen-bond acceptors (Lipinski definition) is 5. The number of nitrogens with two attached hydrogens (primary N) is 1. The highest BCUT2D eigenvalue weighted by molar-refractivity contribution is 9.10. The van der Waals surface area contributed by atoms with Crippen LogP contribution < -0.4 is 16.4 Å². The molecule has 2 aromatic rings. The highest BCUT2D eigenvalue weighted by Gasteiger charge is 2.38. The van der Waals surface area contributed by atoms with Crippen molar-refractivity contribution in [1.82, 2.24) is 10.6 Å². The first-order valence-electron chi connectivity index (χ1n) is 10.4. The molecule has 0 heterocycles. The normalized spacial score (nSPS) is 12.5. The van der Waals surface area contributed by atoms with Crippen LogP contribution in [0.25, 0.3) is 0 Å². The SMILES string of the molecule is Cc1cc(Br)cc(CNC(=O)C(C)NC(=O)C(N)CCc2ccccc2)c1O.O=C(O)C(F)(F)F. The number of carbonyl (C=O) groups excluding carboxylic acids is 2. The first-order chi connectivity index (χ1) is 16.2. The number of halogens is 4. The van der Waals surface area contributed by atoms with Crippen LogP contribution in [0.4, 0.5) is 13.2 Å². The molecule has 0 aliphatic carbocycles. The first-order valence-corrected chi connectivity index (χ1v) is 11.2. The summed E-state index contributed by atoms with van der Waals surface area (Å²) in [4.78, 5) is 33.4. The van der Waals surface area contributed by atoms with E-state index in [-0.39, 0.29) is 24.1 Å². The summed E-state index contributed by atoms with van der Waals surface area (Å²) < 4.78 is 32.6. The minimum atomic E-state index is -5.08. The van der Waals surface area contributed by atoms with Gasteiger partial charge in [-0.1, -0.05) is 46.3 Å². The molecule has 0 aromatic heterocycles. The van der Waals surface area contributed by atoms with Gasteiger partial charge < -0.3 is 26.6 Å². The molecule has 0 spiro atoms. The number of aryl methyl sites for hydroxylation is 2. The maximum atomic E-state index is 12.3. The minimum Gasteiger partial charge on any atom is -0.507 e. The van der Waals surface area contributed by atoms with Crippen molar-refractivity contribution in [2.75, 3.05) is 0 Å². The standard InChI is InChI=1S/C21H26BrN3O3.C2HF3O2/c1-13-10-17(22)11-16(19(13)26)12-24-20(27)14(2)25-21(28)18(23)9-8-15-6-4-3-5-7-15;3-2(4,5)1(6)7/h3-7,10-11,14,18,26H,8-9,12,23H2,1-2H3,(H,24,27)(H,25,28);(H,6,7). The maximum Gasteiger partial charge on any atom is 0.490 e. The van der Waals surface area contributed by atoms with Gasteiger partial charge in [0.05, 0.1) is 6.04 Å². The highest BCUT2D eigenvalue weighted by Crippen LogP contribution is 2.26. The number of phenolic OH excluding ortho intramolecular Hbond substituents is 1. The van der Waals surface area contributed by atoms with Gasteiger partial charge in [0.1, 0.15) is 11.8 Å². The summed E-state index contributed by atoms with van der Waals surface area (Å²) in [5, 5.41) is 22.6. The molecular weight excluding hydrogens is 535 g/mol. The average Bonchev–Trinajstić information content (AvgIpc) is 2.78. The van der Waals surface area contributed by atoms with E-state index in [1.807, 2.05) is 30.3 Å². The van der Waals surface area contributed by atoms with Crippen molar-refractivity contribution in [3.8, 4) is 5.75 Å². The van der Waals surface area contributed by atoms with Crippen molar-refractivity contribution in [2.45, 2.75) is 51.5 Å². The first kappa shape index (κ1) is 29.9. The lowest BCUT2D eigenvalue weighted by Gasteiger charge is -2.18. The number of benzene rings is 2. The number of aromatic hydroxyl groups is 1. The van der Waals surface area contributed by atoms with Crippen LogP contribution in [-0.2, 0) is 27.3 Å². The molecule has 0 radical (unpaired) electrons. The van der Waals surface area contributed by atoms with Gasteiger partial charge in [-0.3, -0.25) is 9.59 Å². The summed E-state index contributed by atoms with van der Waals surface area (Å²) in [5.74, 6) is -3.32. The zero-order valence-electron chi connectivity index (χ0n) is 19.0. The fourth-order valence-electron chi connectivity index (χ4n) is 2.76. The second-order valence-corrected chi connectivity index (χ2v) is 8.53. The molecule has 2 atom stereocenters. The number of carbonyl (C=O) groups is 3. The fraction of sp³-hybridized carbons (Fsp3) is 0.348. The Hall–Kier alpha value is -3.12. The molecule has 2 rings (SSSR count). The predicted octanol–water partition coefficient (Wildman–Crippen LogP) is 3.18. The quantitative estimate of drug-likeness (QED) is 0.335. The van der Waals surface area contributed by atoms with E-state index in [1.165, 1.54) is 0 Å². The van der Waals surface area contributed by atoms with E-state index in [0.29, 0.717) is 24.0 Å². The monoisotopic (exact) mass is 561 g/mol. The van der Waals surface area contributed by atoms with Gasteiger partial charge in [0, 0.05) is 16.6 Å². The van der Waals surface area contributed by atoms with Crippen molar-refractivity contribution in [3.63, 3.8) is 0 Å². The van der Waals surface area contributed by atoms with Crippen molar-refractivity contribution in [1.29, 1.82) is 0 Å². The third-order valence-corrected chi connectivity index (χ3v) is 5.17. The third kappa shape index (κ3) is 10.8. The number of amides is 2. The molecular formula is C23H27BrF3N3O5. The van der Waals surface area contributed by atoms with Crippen LogP contribution in [-0.4, -0.2) is 46.3 Å². The Morgan fingerprint density at radius 1 is 1.11 bits per heavy atom. The van der Waals surface area contributed by atoms with Crippen LogP contribution in [0.1, 0.15) is 30.0 Å². The van der Waals surface area contributed by atoms with Gasteiger partial charge in [0.15, 0.2) is 0 Å². The number of phenols is 1. The van der Waals surface area contributed by atoms with Crippen LogP contribution in [0.3, 0.4) is 0 Å². The third-order valence-electron chi connectivity index (χ3n) is 4.72. The van der Waals surface area contributed by atoms with E-state index in [1.54, 1.807) is 26.0 Å². The number of aliphatic carboxylic acids is 1. The number of nitrogens with one attached hydrogen (secondary N) is 2. The summed E-state index contributed by atoms with van der Waals surface area (Å²) in [5.41, 5.74) is 8.37. The van der Waals surface area contributed by atoms with Crippen molar-refractivity contribution >= 4 is 33.7 Å². The summed E-state index contributed by atoms with van der Waals surface area (Å²) >= 11 is 3.37. The largest absolute Gasteiger partial charge is 0.507 e. The Labute approximate surface area is 208 Å². The molecule has 2 amide bonds. The van der Waals surface area contributed by atoms with Gasteiger partial charge in [0.2, 0.25) is 11.8 Å². The Bertz CT molecular complexity index is 1020. The number of carboxylic acids is 1. The van der Waals surface area contributed by atoms with Gasteiger partial charge in [-0.25, -0.2) is 4.79 Å². The van der Waals surface area contributed by atoms with Crippen molar-refractivity contribution in [3.05, 3.63) is 63.6 Å². The second kappa shape index (κ2) is 13.7. The summed E-state index contributed by atoms with van der Waals surface area (Å²) in [6.45, 7) is 3.54. The Kier molecular flexibility index (Phi) is 11.7. The number of rotatable bonds is 8. The van der Waals surface area contributed by atoms with Crippen LogP contribution in [0.5, 0.6) is 5.75 Å². The van der Waals surface area contributed by atoms with Crippen LogP contribution in [0, 0.1) is 6.92 Å². The van der Waals surface area contributed by atoms with Crippen LogP contribution in [0.15, 0.2) is 46.9 Å². The number of carboxylic acid groups (broad SMARTS) is 1. The van der Waals surface area contributed by atoms with E-state index >= 15 is 0 Å². The molecule has 192 valence electrons. The molecule has 0 fully saturated rings. The summed E-state index contributed by atoms with van der Waals surface area (Å²) in [7, 11) is 0. The Balaban J connectivity index is 0.000000762. The summed E-state index contributed by atoms with van der Waals surface area (Å²) in [6, 6.07) is 11.9. The van der Waals surface area contributed by atoms with Gasteiger partial charge in [-0.05, 0) is 49.9 Å². The lowest BCUT2D eigenvalue weighted by atomic mass is 10.1. The lowest BCUT2D eigenvalue weighted by Crippen LogP contribution is -2.50. The molecule has 8 nitrogen and oxygen atoms in total. The smallest absolute Gasteiger partial charge is 0.490 e. The highest BCUT2D eigenvalue weighted by atomic mass is 79.9. The zero-order valence-corrected chi connectivity index (χ0v) is 20.6. The molecule has 2 aromatic carbocycles. The molecule has 0 aliphatic heterocycles. The minimum absolute atomic E-state index is 0.142. The molecule has 0 aliphatic rings. The predicted molar refractivity (Wildman–Crippen MR) is 126 cm³/mol. The molecule has 35 heavy (non-hydrogen) atoms. The van der Waals surface area contributed by atoms with Gasteiger partial charge in [-0.2, -0.15) is 13.2 Å². The topological polar surface area (TPSA) is 142 Å². The van der Waals surface area contributed by atoms with Crippen molar-refractivity contribution in [2.24, 2.45) is 5.73 Å². The van der Waals surface area contributed by atoms with Gasteiger partial charge >= 0.3 is 12.1 Å². The van der Waals surface area contributed by atoms with Crippen molar-refractivity contribution < 1.29 is 37.8 Å². The lowest BCUT2D eigenvalue weighted by molar-refractivity contribution is -0.192. The van der Waals surface area contributed by atoms with E-state index in [9.17, 15) is 27.9 Å². The van der Waals surface area contributed by atoms with E-state index < -0.39 is 24.2 Å². The van der Waals surface area contributed by atoms with E-state index in [2.05, 4.69) is 26.6 Å². The average molecular weight is 562 g/mol. The number of hydrogen-bond donors (Lipinski definition) is 5. The molecule has 0 bridgehead atoms. The van der Waals surface area contributed by atoms with E-state index in [4.69, 9.17) is 15.6 Å². The molecule has 6 N–H and O–H groups in total. The van der Waals surface area contributed by atoms with Gasteiger partial charge in [-0.15, -0.1) is 0 Å². The molecule has 12 heteroatoms. The maximum absolute atomic E-state index is 12.3. The van der Waals surface area contributed by atoms with E-state index in [0.717, 1.165) is 10.0 Å². The number of alkyl halides is 3. The molecule has 2 unspecified atom stereocenters. The summed E-state index contributed by atoms with van der Waals surface area (Å²) in [6.07, 6.45) is -3.90. The Morgan fingerprint density at radius 3 is 2.23 bits per heavy atom. The van der Waals surface area contributed by atoms with Gasteiger partial charge in [0.25, 0.3) is 0 Å². The second-order valence-electron chi connectivity index (χ2n) is 7.61. The zero-order chi connectivity index (χ0) is 26.8. The Morgan fingerprint density at radius 2 is 1.69 bits per heavy atom. The molecule has 0 saturated heterocycles. The van der Waals surface area contributed by atoms with Crippen LogP contribution >= 0.6 is 15.9 Å². The van der Waals surface area contributed by atoms with Crippen LogP contribution in [0.2, 0.25) is 0 Å².